The van der Waals surface area contributed by atoms with Crippen LogP contribution in [0.3, 0.4) is 0 Å². The van der Waals surface area contributed by atoms with Crippen LogP contribution in [-0.2, 0) is 9.59 Å². The molecule has 0 aliphatic heterocycles. The van der Waals surface area contributed by atoms with Crippen LogP contribution in [0.4, 0.5) is 0 Å². The molecule has 0 radical (unpaired) electrons. The maximum Gasteiger partial charge on any atom is 0.143 e. The first-order valence-electron chi connectivity index (χ1n) is 4.35. The Morgan fingerprint density at radius 3 is 2.42 bits per heavy atom. The lowest BCUT2D eigenvalue weighted by molar-refractivity contribution is -0.126. The number of Topliss-reactive ketones (excluding diaryl/α,β-unsaturated/α-hetero) is 2. The van der Waals surface area contributed by atoms with Crippen molar-refractivity contribution in [3.05, 3.63) is 12.2 Å². The fraction of sp³-hybridized carbons (Fsp3) is 0.600. The SMILES string of the molecule is CC=CCC(=O)CC(=O)CCC. The zero-order chi connectivity index (χ0) is 9.40. The Bertz CT molecular complexity index is 180. The first kappa shape index (κ1) is 11.1. The molecule has 0 fully saturated rings. The van der Waals surface area contributed by atoms with E-state index < -0.39 is 0 Å². The molecule has 2 heteroatoms. The molecule has 0 unspecified atom stereocenters. The number of ketones is 2. The van der Waals surface area contributed by atoms with Gasteiger partial charge in [-0.3, -0.25) is 9.59 Å². The fourth-order valence-electron chi connectivity index (χ4n) is 0.909. The number of carbonyl (C=O) groups excluding carboxylic acids is 2. The third-order valence-electron chi connectivity index (χ3n) is 1.50. The molecule has 0 aromatic heterocycles. The van der Waals surface area contributed by atoms with Crippen molar-refractivity contribution in [2.24, 2.45) is 0 Å². The van der Waals surface area contributed by atoms with Crippen LogP contribution in [0.15, 0.2) is 12.2 Å². The molecule has 0 spiro atoms. The lowest BCUT2D eigenvalue weighted by Gasteiger charge is -1.95. The molecule has 0 N–H and O–H groups in total. The minimum Gasteiger partial charge on any atom is -0.299 e. The first-order chi connectivity index (χ1) is 5.70. The van der Waals surface area contributed by atoms with Crippen molar-refractivity contribution >= 4 is 11.6 Å². The standard InChI is InChI=1S/C10H16O2/c1-3-5-7-10(12)8-9(11)6-4-2/h3,5H,4,6-8H2,1-2H3. The van der Waals surface area contributed by atoms with Crippen LogP contribution in [0.25, 0.3) is 0 Å². The fourth-order valence-corrected chi connectivity index (χ4v) is 0.909. The first-order valence-corrected chi connectivity index (χ1v) is 4.35. The number of hydrogen-bond acceptors (Lipinski definition) is 2. The van der Waals surface area contributed by atoms with Gasteiger partial charge in [-0.1, -0.05) is 19.1 Å². The summed E-state index contributed by atoms with van der Waals surface area (Å²) in [5.74, 6) is 0.0820. The van der Waals surface area contributed by atoms with E-state index in [1.54, 1.807) is 6.08 Å². The average molecular weight is 168 g/mol. The maximum atomic E-state index is 11.0. The Morgan fingerprint density at radius 1 is 1.25 bits per heavy atom. The summed E-state index contributed by atoms with van der Waals surface area (Å²) in [6.45, 7) is 3.80. The van der Waals surface area contributed by atoms with Crippen molar-refractivity contribution in [3.63, 3.8) is 0 Å². The van der Waals surface area contributed by atoms with E-state index in [-0.39, 0.29) is 18.0 Å². The molecule has 0 saturated carbocycles. The topological polar surface area (TPSA) is 34.1 Å². The van der Waals surface area contributed by atoms with E-state index >= 15 is 0 Å². The van der Waals surface area contributed by atoms with E-state index in [0.717, 1.165) is 6.42 Å². The van der Waals surface area contributed by atoms with E-state index in [1.165, 1.54) is 0 Å². The highest BCUT2D eigenvalue weighted by Gasteiger charge is 2.06. The van der Waals surface area contributed by atoms with Crippen molar-refractivity contribution < 1.29 is 9.59 Å². The van der Waals surface area contributed by atoms with Crippen molar-refractivity contribution in [2.45, 2.75) is 39.5 Å². The van der Waals surface area contributed by atoms with Gasteiger partial charge >= 0.3 is 0 Å². The van der Waals surface area contributed by atoms with E-state index in [1.807, 2.05) is 19.9 Å². The van der Waals surface area contributed by atoms with Crippen LogP contribution >= 0.6 is 0 Å². The lowest BCUT2D eigenvalue weighted by atomic mass is 10.1. The van der Waals surface area contributed by atoms with Gasteiger partial charge in [0.25, 0.3) is 0 Å². The smallest absolute Gasteiger partial charge is 0.143 e. The van der Waals surface area contributed by atoms with Crippen molar-refractivity contribution in [3.8, 4) is 0 Å². The Kier molecular flexibility index (Phi) is 6.25. The molecule has 0 saturated heterocycles. The van der Waals surface area contributed by atoms with E-state index in [0.29, 0.717) is 12.8 Å². The summed E-state index contributed by atoms with van der Waals surface area (Å²) in [5.41, 5.74) is 0. The Morgan fingerprint density at radius 2 is 1.92 bits per heavy atom. The van der Waals surface area contributed by atoms with Gasteiger partial charge in [-0.15, -0.1) is 0 Å². The second kappa shape index (κ2) is 6.77. The number of hydrogen-bond donors (Lipinski definition) is 0. The summed E-state index contributed by atoms with van der Waals surface area (Å²) in [6.07, 6.45) is 5.46. The minimum absolute atomic E-state index is 0.0200. The average Bonchev–Trinajstić information content (AvgIpc) is 2.01. The van der Waals surface area contributed by atoms with E-state index in [2.05, 4.69) is 0 Å². The molecule has 0 heterocycles. The van der Waals surface area contributed by atoms with Gasteiger partial charge < -0.3 is 0 Å². The van der Waals surface area contributed by atoms with Crippen LogP contribution < -0.4 is 0 Å². The number of allylic oxidation sites excluding steroid dienone is 2. The molecule has 0 aliphatic rings. The van der Waals surface area contributed by atoms with Crippen LogP contribution in [0.1, 0.15) is 39.5 Å². The van der Waals surface area contributed by atoms with Gasteiger partial charge in [-0.2, -0.15) is 0 Å². The number of carbonyl (C=O) groups is 2. The molecule has 0 aromatic carbocycles. The van der Waals surface area contributed by atoms with E-state index in [9.17, 15) is 9.59 Å². The molecule has 2 nitrogen and oxygen atoms in total. The summed E-state index contributed by atoms with van der Waals surface area (Å²) in [4.78, 5) is 22.0. The largest absolute Gasteiger partial charge is 0.299 e. The summed E-state index contributed by atoms with van der Waals surface area (Å²) in [7, 11) is 0. The second-order valence-electron chi connectivity index (χ2n) is 2.78. The predicted molar refractivity (Wildman–Crippen MR) is 49.0 cm³/mol. The van der Waals surface area contributed by atoms with E-state index in [4.69, 9.17) is 0 Å². The summed E-state index contributed by atoms with van der Waals surface area (Å²) in [6, 6.07) is 0. The third kappa shape index (κ3) is 5.83. The molecule has 0 aromatic rings. The predicted octanol–water partition coefficient (Wildman–Crippen LogP) is 2.28. The molecule has 0 atom stereocenters. The van der Waals surface area contributed by atoms with Gasteiger partial charge in [0.1, 0.15) is 11.6 Å². The van der Waals surface area contributed by atoms with Gasteiger partial charge in [-0.05, 0) is 13.3 Å². The molecular formula is C10H16O2. The van der Waals surface area contributed by atoms with Gasteiger partial charge in [0.05, 0.1) is 6.42 Å². The van der Waals surface area contributed by atoms with Crippen molar-refractivity contribution in [1.29, 1.82) is 0 Å². The minimum atomic E-state index is 0.0200. The van der Waals surface area contributed by atoms with Crippen LogP contribution in [-0.4, -0.2) is 11.6 Å². The number of rotatable bonds is 6. The van der Waals surface area contributed by atoms with Crippen LogP contribution in [0.2, 0.25) is 0 Å². The second-order valence-corrected chi connectivity index (χ2v) is 2.78. The molecule has 0 amide bonds. The van der Waals surface area contributed by atoms with Crippen LogP contribution in [0, 0.1) is 0 Å². The Hall–Kier alpha value is -0.920. The van der Waals surface area contributed by atoms with Gasteiger partial charge in [0.15, 0.2) is 0 Å². The van der Waals surface area contributed by atoms with Gasteiger partial charge in [-0.25, -0.2) is 0 Å². The molecule has 0 aliphatic carbocycles. The maximum absolute atomic E-state index is 11.0. The van der Waals surface area contributed by atoms with Gasteiger partial charge in [0.2, 0.25) is 0 Å². The van der Waals surface area contributed by atoms with Gasteiger partial charge in [0, 0.05) is 12.8 Å². The summed E-state index contributed by atoms with van der Waals surface area (Å²) >= 11 is 0. The zero-order valence-corrected chi connectivity index (χ0v) is 7.80. The molecule has 68 valence electrons. The Balaban J connectivity index is 3.61. The quantitative estimate of drug-likeness (QED) is 0.450. The third-order valence-corrected chi connectivity index (χ3v) is 1.50. The van der Waals surface area contributed by atoms with Crippen molar-refractivity contribution in [1.82, 2.24) is 0 Å². The molecule has 0 rings (SSSR count). The molecular weight excluding hydrogens is 152 g/mol. The highest BCUT2D eigenvalue weighted by atomic mass is 16.1. The highest BCUT2D eigenvalue weighted by molar-refractivity contribution is 5.99. The summed E-state index contributed by atoms with van der Waals surface area (Å²) in [5, 5.41) is 0. The normalized spacial score (nSPS) is 10.5. The molecule has 12 heavy (non-hydrogen) atoms. The lowest BCUT2D eigenvalue weighted by Crippen LogP contribution is -2.05. The Labute approximate surface area is 73.7 Å². The summed E-state index contributed by atoms with van der Waals surface area (Å²) < 4.78 is 0. The van der Waals surface area contributed by atoms with Crippen LogP contribution in [0.5, 0.6) is 0 Å². The molecule has 0 bridgehead atoms. The zero-order valence-electron chi connectivity index (χ0n) is 7.80. The monoisotopic (exact) mass is 168 g/mol. The van der Waals surface area contributed by atoms with Crippen molar-refractivity contribution in [2.75, 3.05) is 0 Å². The highest BCUT2D eigenvalue weighted by Crippen LogP contribution is 1.98.